The molecule has 0 amide bonds. The molecule has 1 fully saturated rings. The summed E-state index contributed by atoms with van der Waals surface area (Å²) < 4.78 is 2.08. The van der Waals surface area contributed by atoms with Gasteiger partial charge in [-0.25, -0.2) is 9.97 Å². The van der Waals surface area contributed by atoms with Crippen LogP contribution in [0.4, 0.5) is 0 Å². The maximum Gasteiger partial charge on any atom is 0.164 e. The van der Waals surface area contributed by atoms with Crippen molar-refractivity contribution in [3.05, 3.63) is 54.1 Å². The number of aryl methyl sites for hydroxylation is 1. The average molecular weight is 345 g/mol. The predicted molar refractivity (Wildman–Crippen MR) is 105 cm³/mol. The van der Waals surface area contributed by atoms with Crippen molar-refractivity contribution in [3.63, 3.8) is 0 Å². The van der Waals surface area contributed by atoms with Crippen LogP contribution in [0, 0.1) is 6.92 Å². The number of fused-ring (bicyclic) bond motifs is 2. The van der Waals surface area contributed by atoms with Crippen LogP contribution in [0.2, 0.25) is 0 Å². The number of rotatable bonds is 3. The molecule has 3 aromatic heterocycles. The van der Waals surface area contributed by atoms with Gasteiger partial charge in [0.1, 0.15) is 11.8 Å². The molecule has 4 heterocycles. The highest BCUT2D eigenvalue weighted by Gasteiger charge is 2.22. The Kier molecular flexibility index (Phi) is 3.57. The number of pyridine rings is 1. The summed E-state index contributed by atoms with van der Waals surface area (Å²) in [5.41, 5.74) is 6.73. The Morgan fingerprint density at radius 2 is 2.15 bits per heavy atom. The number of nitrogens with zero attached hydrogens (tertiary/aromatic N) is 4. The highest BCUT2D eigenvalue weighted by atomic mass is 15.1. The molecule has 4 aromatic rings. The van der Waals surface area contributed by atoms with Crippen LogP contribution < -0.4 is 0 Å². The van der Waals surface area contributed by atoms with Gasteiger partial charge in [0, 0.05) is 35.0 Å². The largest absolute Gasteiger partial charge is 0.361 e. The number of imidazole rings is 1. The van der Waals surface area contributed by atoms with E-state index in [0.29, 0.717) is 6.04 Å². The summed E-state index contributed by atoms with van der Waals surface area (Å²) in [7, 11) is 2.24. The first-order valence-corrected chi connectivity index (χ1v) is 9.30. The van der Waals surface area contributed by atoms with E-state index in [-0.39, 0.29) is 0 Å². The number of nitrogens with one attached hydrogen (secondary N) is 1. The van der Waals surface area contributed by atoms with Crippen molar-refractivity contribution < 1.29 is 0 Å². The Bertz CT molecular complexity index is 1090. The van der Waals surface area contributed by atoms with E-state index in [2.05, 4.69) is 62.8 Å². The van der Waals surface area contributed by atoms with E-state index in [4.69, 9.17) is 0 Å². The molecule has 0 radical (unpaired) electrons. The second-order valence-electron chi connectivity index (χ2n) is 7.44. The molecule has 5 rings (SSSR count). The van der Waals surface area contributed by atoms with Crippen LogP contribution in [-0.4, -0.2) is 44.1 Å². The van der Waals surface area contributed by atoms with Gasteiger partial charge < -0.3 is 9.88 Å². The number of hydrogen-bond donors (Lipinski definition) is 1. The number of hydrogen-bond acceptors (Lipinski definition) is 3. The standard InChI is InChI=1S/C21H23N5/c1-14-7-8-22-21-20(14)24-13-26(21)17-5-6-19-18(11-17)15(12-23-19)10-16-4-3-9-25(16)2/h5-8,11-13,16,23H,3-4,9-10H2,1-2H3/t16-/m1/s1. The lowest BCUT2D eigenvalue weighted by atomic mass is 10.0. The number of benzene rings is 1. The fourth-order valence-electron chi connectivity index (χ4n) is 4.21. The van der Waals surface area contributed by atoms with Crippen molar-refractivity contribution in [2.24, 2.45) is 0 Å². The molecule has 0 saturated carbocycles. The van der Waals surface area contributed by atoms with Crippen LogP contribution in [0.15, 0.2) is 43.0 Å². The molecular formula is C21H23N5. The van der Waals surface area contributed by atoms with Gasteiger partial charge in [-0.2, -0.15) is 0 Å². The molecular weight excluding hydrogens is 322 g/mol. The van der Waals surface area contributed by atoms with E-state index in [1.54, 1.807) is 0 Å². The Balaban J connectivity index is 1.58. The van der Waals surface area contributed by atoms with E-state index in [1.807, 2.05) is 18.6 Å². The van der Waals surface area contributed by atoms with Crippen LogP contribution in [0.1, 0.15) is 24.0 Å². The lowest BCUT2D eigenvalue weighted by molar-refractivity contribution is 0.310. The molecule has 0 spiro atoms. The van der Waals surface area contributed by atoms with Gasteiger partial charge in [0.2, 0.25) is 0 Å². The maximum absolute atomic E-state index is 4.56. The van der Waals surface area contributed by atoms with E-state index >= 15 is 0 Å². The second kappa shape index (κ2) is 5.95. The van der Waals surface area contributed by atoms with Gasteiger partial charge >= 0.3 is 0 Å². The van der Waals surface area contributed by atoms with Gasteiger partial charge in [0.05, 0.1) is 0 Å². The first-order chi connectivity index (χ1) is 12.7. The minimum Gasteiger partial charge on any atom is -0.361 e. The van der Waals surface area contributed by atoms with Gasteiger partial charge in [-0.05, 0) is 75.2 Å². The quantitative estimate of drug-likeness (QED) is 0.614. The molecule has 1 N–H and O–H groups in total. The summed E-state index contributed by atoms with van der Waals surface area (Å²) in [5.74, 6) is 0. The lowest BCUT2D eigenvalue weighted by Crippen LogP contribution is -2.26. The zero-order chi connectivity index (χ0) is 17.7. The molecule has 1 saturated heterocycles. The smallest absolute Gasteiger partial charge is 0.164 e. The molecule has 1 aliphatic rings. The molecule has 0 unspecified atom stereocenters. The van der Waals surface area contributed by atoms with Gasteiger partial charge in [-0.15, -0.1) is 0 Å². The summed E-state index contributed by atoms with van der Waals surface area (Å²) in [4.78, 5) is 15.0. The molecule has 1 aliphatic heterocycles. The first-order valence-electron chi connectivity index (χ1n) is 9.30. The van der Waals surface area contributed by atoms with Crippen molar-refractivity contribution in [1.82, 2.24) is 24.4 Å². The van der Waals surface area contributed by atoms with Gasteiger partial charge in [0.15, 0.2) is 5.65 Å². The summed E-state index contributed by atoms with van der Waals surface area (Å²) in [6, 6.07) is 9.21. The third-order valence-electron chi connectivity index (χ3n) is 5.79. The van der Waals surface area contributed by atoms with Crippen molar-refractivity contribution >= 4 is 22.1 Å². The van der Waals surface area contributed by atoms with Gasteiger partial charge in [-0.3, -0.25) is 4.57 Å². The van der Waals surface area contributed by atoms with Crippen molar-refractivity contribution in [1.29, 1.82) is 0 Å². The van der Waals surface area contributed by atoms with Gasteiger partial charge in [-0.1, -0.05) is 0 Å². The molecule has 5 nitrogen and oxygen atoms in total. The third kappa shape index (κ3) is 2.42. The fraction of sp³-hybridized carbons (Fsp3) is 0.333. The number of aromatic amines is 1. The average Bonchev–Trinajstić information content (AvgIpc) is 3.35. The molecule has 26 heavy (non-hydrogen) atoms. The van der Waals surface area contributed by atoms with E-state index < -0.39 is 0 Å². The monoisotopic (exact) mass is 345 g/mol. The van der Waals surface area contributed by atoms with Crippen LogP contribution in [-0.2, 0) is 6.42 Å². The number of likely N-dealkylation sites (N-methyl/N-ethyl adjacent to an activating group) is 1. The number of aromatic nitrogens is 4. The van der Waals surface area contributed by atoms with Crippen LogP contribution >= 0.6 is 0 Å². The minimum absolute atomic E-state index is 0.649. The molecule has 132 valence electrons. The molecule has 1 atom stereocenters. The van der Waals surface area contributed by atoms with Crippen LogP contribution in [0.3, 0.4) is 0 Å². The first kappa shape index (κ1) is 15.6. The molecule has 0 bridgehead atoms. The predicted octanol–water partition coefficient (Wildman–Crippen LogP) is 3.85. The topological polar surface area (TPSA) is 49.7 Å². The lowest BCUT2D eigenvalue weighted by Gasteiger charge is -2.18. The van der Waals surface area contributed by atoms with E-state index in [0.717, 1.165) is 28.8 Å². The van der Waals surface area contributed by atoms with Crippen LogP contribution in [0.25, 0.3) is 27.8 Å². The summed E-state index contributed by atoms with van der Waals surface area (Å²) in [5, 5.41) is 1.30. The third-order valence-corrected chi connectivity index (χ3v) is 5.79. The van der Waals surface area contributed by atoms with Gasteiger partial charge in [0.25, 0.3) is 0 Å². The zero-order valence-electron chi connectivity index (χ0n) is 15.2. The highest BCUT2D eigenvalue weighted by Crippen LogP contribution is 2.27. The number of H-pyrrole nitrogens is 1. The maximum atomic E-state index is 4.56. The van der Waals surface area contributed by atoms with Crippen LogP contribution in [0.5, 0.6) is 0 Å². The Morgan fingerprint density at radius 1 is 1.23 bits per heavy atom. The fourth-order valence-corrected chi connectivity index (χ4v) is 4.21. The second-order valence-corrected chi connectivity index (χ2v) is 7.44. The van der Waals surface area contributed by atoms with E-state index in [1.165, 1.54) is 35.9 Å². The Morgan fingerprint density at radius 3 is 3.00 bits per heavy atom. The van der Waals surface area contributed by atoms with Crippen molar-refractivity contribution in [2.45, 2.75) is 32.2 Å². The molecule has 5 heteroatoms. The normalized spacial score (nSPS) is 18.3. The summed E-state index contributed by atoms with van der Waals surface area (Å²) in [6.45, 7) is 3.29. The van der Waals surface area contributed by atoms with E-state index in [9.17, 15) is 0 Å². The molecule has 1 aromatic carbocycles. The SMILES string of the molecule is Cc1ccnc2c1ncn2-c1ccc2[nH]cc(C[C@H]3CCCN3C)c2c1. The Hall–Kier alpha value is -2.66. The Labute approximate surface area is 152 Å². The highest BCUT2D eigenvalue weighted by molar-refractivity contribution is 5.86. The summed E-state index contributed by atoms with van der Waals surface area (Å²) in [6.07, 6.45) is 9.60. The van der Waals surface area contributed by atoms with Crippen molar-refractivity contribution in [3.8, 4) is 5.69 Å². The zero-order valence-corrected chi connectivity index (χ0v) is 15.2. The molecule has 0 aliphatic carbocycles. The van der Waals surface area contributed by atoms with Crippen molar-refractivity contribution in [2.75, 3.05) is 13.6 Å². The minimum atomic E-state index is 0.649. The summed E-state index contributed by atoms with van der Waals surface area (Å²) >= 11 is 0. The number of likely N-dealkylation sites (tertiary alicyclic amines) is 1.